The molecule has 14 heteroatoms. The summed E-state index contributed by atoms with van der Waals surface area (Å²) < 4.78 is 9.57. The third kappa shape index (κ3) is 9.80. The van der Waals surface area contributed by atoms with E-state index in [2.05, 4.69) is 49.0 Å². The zero-order chi connectivity index (χ0) is 39.4. The van der Waals surface area contributed by atoms with E-state index in [1.807, 2.05) is 49.6 Å². The second kappa shape index (κ2) is 18.1. The first kappa shape index (κ1) is 38.4. The minimum absolute atomic E-state index is 0.0962. The number of hydrogen-bond donors (Lipinski definition) is 5. The van der Waals surface area contributed by atoms with Crippen molar-refractivity contribution in [3.63, 3.8) is 0 Å². The molecule has 56 heavy (non-hydrogen) atoms. The molecule has 0 spiro atoms. The summed E-state index contributed by atoms with van der Waals surface area (Å²) in [6, 6.07) is 19.4. The standard InChI is InChI=1S/C21H20N6O.C11H11N.C10H11N5O/c1-27-13-17(12-25-27)26-19-8-21(24-11-16(19)10-23)28-20-4-2-3-15-7-14(9-22)5-6-18(15)20;12-8-9-5-6-10-3-1-2-4-11(10)7-9;1-15-6-8(5-13-15)14-9-2-10(16)12-4-7(9)3-11/h5-8,10-13,20,23H,2-4H2,1H3,(H,24,26);5-7H,1-4H2;2-6,11H,1H3,(H2,12,14,16)/t20-;;/m0../s1. The van der Waals surface area contributed by atoms with Crippen LogP contribution in [0.3, 0.4) is 0 Å². The Kier molecular flexibility index (Phi) is 12.4. The fraction of sp³-hybridized carbons (Fsp3) is 0.238. The van der Waals surface area contributed by atoms with Crippen LogP contribution in [0.4, 0.5) is 22.7 Å². The molecule has 14 nitrogen and oxygen atoms in total. The van der Waals surface area contributed by atoms with Crippen LogP contribution in [0.5, 0.6) is 5.88 Å². The molecular formula is C42H42N12O2. The quantitative estimate of drug-likeness (QED) is 0.0998. The molecule has 0 saturated heterocycles. The number of aromatic nitrogens is 6. The number of benzene rings is 2. The Morgan fingerprint density at radius 3 is 2.02 bits per heavy atom. The SMILES string of the molecule is Cn1cc(Nc2cc(=O)[nH]cc2C=N)cn1.Cn1cc(Nc2cc(O[C@H]3CCCc4cc(C#N)ccc43)ncc2C=N)cn1.N#Cc1ccc2c(c1)CCCC2. The zero-order valence-electron chi connectivity index (χ0n) is 31.2. The van der Waals surface area contributed by atoms with Crippen molar-refractivity contribution in [2.75, 3.05) is 10.6 Å². The third-order valence-electron chi connectivity index (χ3n) is 9.42. The molecule has 2 aliphatic rings. The van der Waals surface area contributed by atoms with Crippen molar-refractivity contribution in [1.29, 1.82) is 21.3 Å². The molecule has 4 aromatic heterocycles. The highest BCUT2D eigenvalue weighted by molar-refractivity contribution is 5.87. The number of pyridine rings is 2. The minimum Gasteiger partial charge on any atom is -0.469 e. The summed E-state index contributed by atoms with van der Waals surface area (Å²) in [5, 5.41) is 47.1. The fourth-order valence-electron chi connectivity index (χ4n) is 6.64. The maximum absolute atomic E-state index is 11.2. The molecule has 8 rings (SSSR count). The summed E-state index contributed by atoms with van der Waals surface area (Å²) in [7, 11) is 3.66. The number of aromatic amines is 1. The molecule has 0 amide bonds. The zero-order valence-corrected chi connectivity index (χ0v) is 31.2. The average Bonchev–Trinajstić information content (AvgIpc) is 3.84. The van der Waals surface area contributed by atoms with E-state index in [1.165, 1.54) is 60.6 Å². The summed E-state index contributed by atoms with van der Waals surface area (Å²) in [6.07, 6.45) is 20.3. The Morgan fingerprint density at radius 1 is 0.786 bits per heavy atom. The van der Waals surface area contributed by atoms with Crippen molar-refractivity contribution in [3.8, 4) is 18.0 Å². The number of anilines is 4. The smallest absolute Gasteiger partial charge is 0.250 e. The molecule has 4 heterocycles. The number of ether oxygens (including phenoxy) is 1. The third-order valence-corrected chi connectivity index (χ3v) is 9.42. The Labute approximate surface area is 324 Å². The van der Waals surface area contributed by atoms with Gasteiger partial charge in [-0.3, -0.25) is 14.2 Å². The number of H-pyrrole nitrogens is 1. The molecule has 2 aliphatic carbocycles. The highest BCUT2D eigenvalue weighted by atomic mass is 16.5. The molecule has 5 N–H and O–H groups in total. The summed E-state index contributed by atoms with van der Waals surface area (Å²) >= 11 is 0. The van der Waals surface area contributed by atoms with E-state index in [9.17, 15) is 4.79 Å². The van der Waals surface area contributed by atoms with Crippen LogP contribution in [-0.2, 0) is 33.4 Å². The topological polar surface area (TPSA) is 210 Å². The van der Waals surface area contributed by atoms with Gasteiger partial charge in [0.05, 0.1) is 58.4 Å². The Morgan fingerprint density at radius 2 is 1.39 bits per heavy atom. The van der Waals surface area contributed by atoms with Gasteiger partial charge in [-0.15, -0.1) is 0 Å². The van der Waals surface area contributed by atoms with Gasteiger partial charge in [0.15, 0.2) is 0 Å². The van der Waals surface area contributed by atoms with Gasteiger partial charge in [0, 0.05) is 74.6 Å². The first-order valence-corrected chi connectivity index (χ1v) is 18.2. The van der Waals surface area contributed by atoms with Gasteiger partial charge in [0.1, 0.15) is 6.10 Å². The number of rotatable bonds is 8. The molecule has 6 aromatic rings. The predicted molar refractivity (Wildman–Crippen MR) is 215 cm³/mol. The Hall–Kier alpha value is -7.32. The maximum atomic E-state index is 11.2. The van der Waals surface area contributed by atoms with Crippen molar-refractivity contribution in [1.82, 2.24) is 29.5 Å². The second-order valence-corrected chi connectivity index (χ2v) is 13.4. The van der Waals surface area contributed by atoms with Gasteiger partial charge >= 0.3 is 0 Å². The highest BCUT2D eigenvalue weighted by Crippen LogP contribution is 2.35. The molecule has 0 fully saturated rings. The van der Waals surface area contributed by atoms with Gasteiger partial charge in [0.25, 0.3) is 0 Å². The average molecular weight is 747 g/mol. The summed E-state index contributed by atoms with van der Waals surface area (Å²) in [5.41, 5.74) is 10.6. The van der Waals surface area contributed by atoms with Gasteiger partial charge in [-0.2, -0.15) is 20.7 Å². The van der Waals surface area contributed by atoms with E-state index in [0.717, 1.165) is 53.9 Å². The van der Waals surface area contributed by atoms with Crippen LogP contribution in [0.25, 0.3) is 0 Å². The van der Waals surface area contributed by atoms with Gasteiger partial charge in [-0.1, -0.05) is 12.1 Å². The molecule has 0 unspecified atom stereocenters. The van der Waals surface area contributed by atoms with Crippen LogP contribution in [-0.4, -0.2) is 42.0 Å². The lowest BCUT2D eigenvalue weighted by atomic mass is 9.88. The Bertz CT molecular complexity index is 2480. The molecule has 2 aromatic carbocycles. The molecular weight excluding hydrogens is 705 g/mol. The van der Waals surface area contributed by atoms with Gasteiger partial charge < -0.3 is 31.2 Å². The Balaban J connectivity index is 0.000000159. The molecule has 0 bridgehead atoms. The van der Waals surface area contributed by atoms with Gasteiger partial charge in [-0.25, -0.2) is 4.98 Å². The van der Waals surface area contributed by atoms with Crippen molar-refractivity contribution in [2.45, 2.75) is 51.0 Å². The fourth-order valence-corrected chi connectivity index (χ4v) is 6.64. The van der Waals surface area contributed by atoms with Crippen LogP contribution in [0, 0.1) is 33.5 Å². The number of nitrogens with one attached hydrogen (secondary N) is 5. The number of nitrogens with zero attached hydrogens (tertiary/aromatic N) is 7. The number of hydrogen-bond acceptors (Lipinski definition) is 11. The van der Waals surface area contributed by atoms with E-state index in [-0.39, 0.29) is 11.7 Å². The largest absolute Gasteiger partial charge is 0.469 e. The monoisotopic (exact) mass is 746 g/mol. The first-order chi connectivity index (χ1) is 27.2. The van der Waals surface area contributed by atoms with Crippen molar-refractivity contribution < 1.29 is 4.74 Å². The summed E-state index contributed by atoms with van der Waals surface area (Å²) in [4.78, 5) is 18.0. The van der Waals surface area contributed by atoms with Crippen molar-refractivity contribution in [2.24, 2.45) is 14.1 Å². The van der Waals surface area contributed by atoms with Crippen LogP contribution in [0.15, 0.2) is 90.5 Å². The molecule has 282 valence electrons. The van der Waals surface area contributed by atoms with Gasteiger partial charge in [0.2, 0.25) is 11.4 Å². The lowest BCUT2D eigenvalue weighted by Crippen LogP contribution is -2.16. The number of aryl methyl sites for hydroxylation is 5. The first-order valence-electron chi connectivity index (χ1n) is 18.2. The van der Waals surface area contributed by atoms with E-state index < -0.39 is 0 Å². The van der Waals surface area contributed by atoms with Crippen LogP contribution in [0.2, 0.25) is 0 Å². The van der Waals surface area contributed by atoms with E-state index in [1.54, 1.807) is 41.2 Å². The van der Waals surface area contributed by atoms with Crippen molar-refractivity contribution >= 4 is 35.2 Å². The lowest BCUT2D eigenvalue weighted by molar-refractivity contribution is 0.176. The molecule has 1 atom stereocenters. The maximum Gasteiger partial charge on any atom is 0.250 e. The molecule has 0 aliphatic heterocycles. The van der Waals surface area contributed by atoms with E-state index in [4.69, 9.17) is 26.1 Å². The minimum atomic E-state index is -0.211. The highest BCUT2D eigenvalue weighted by Gasteiger charge is 2.23. The summed E-state index contributed by atoms with van der Waals surface area (Å²) in [6.45, 7) is 0. The second-order valence-electron chi connectivity index (χ2n) is 13.4. The number of fused-ring (bicyclic) bond motifs is 2. The van der Waals surface area contributed by atoms with Crippen LogP contribution >= 0.6 is 0 Å². The van der Waals surface area contributed by atoms with Crippen molar-refractivity contribution in [3.05, 3.63) is 141 Å². The lowest BCUT2D eigenvalue weighted by Gasteiger charge is -2.26. The van der Waals surface area contributed by atoms with E-state index >= 15 is 0 Å². The number of nitriles is 2. The normalized spacial score (nSPS) is 13.8. The molecule has 0 saturated carbocycles. The van der Waals surface area contributed by atoms with Gasteiger partial charge in [-0.05, 0) is 91.5 Å². The predicted octanol–water partition coefficient (Wildman–Crippen LogP) is 7.17. The summed E-state index contributed by atoms with van der Waals surface area (Å²) in [5.74, 6) is 0.499. The van der Waals surface area contributed by atoms with Crippen LogP contribution in [0.1, 0.15) is 76.3 Å². The molecule has 0 radical (unpaired) electrons. The van der Waals surface area contributed by atoms with E-state index in [0.29, 0.717) is 28.3 Å². The van der Waals surface area contributed by atoms with Crippen LogP contribution < -0.4 is 20.9 Å².